The van der Waals surface area contributed by atoms with Crippen molar-refractivity contribution < 1.29 is 30.9 Å². The average molecular weight is 219 g/mol. The molecule has 0 bridgehead atoms. The molecule has 0 heterocycles. The van der Waals surface area contributed by atoms with Crippen molar-refractivity contribution in [1.29, 1.82) is 0 Å². The molecule has 0 amide bonds. The van der Waals surface area contributed by atoms with E-state index in [0.717, 1.165) is 6.42 Å². The van der Waals surface area contributed by atoms with Crippen LogP contribution in [-0.4, -0.2) is 6.61 Å². The molecule has 0 atom stereocenters. The molecule has 0 aliphatic rings. The third-order valence-corrected chi connectivity index (χ3v) is 0.589. The Bertz CT molecular complexity index is 44.5. The van der Waals surface area contributed by atoms with E-state index in [2.05, 4.69) is 32.3 Å². The van der Waals surface area contributed by atoms with E-state index in [-0.39, 0.29) is 26.2 Å². The molecule has 0 radical (unpaired) electrons. The van der Waals surface area contributed by atoms with Gasteiger partial charge in [-0.3, -0.25) is 0 Å². The Labute approximate surface area is 84.0 Å². The van der Waals surface area contributed by atoms with Crippen molar-refractivity contribution in [3.05, 3.63) is 26.7 Å². The second-order valence-electron chi connectivity index (χ2n) is 1.51. The summed E-state index contributed by atoms with van der Waals surface area (Å²) in [5, 5.41) is 0. The molecule has 1 nitrogen and oxygen atoms in total. The summed E-state index contributed by atoms with van der Waals surface area (Å²) in [6.07, 6.45) is 3.92. The smallest absolute Gasteiger partial charge is 0.552 e. The number of hydrogen-bond donors (Lipinski definition) is 0. The van der Waals surface area contributed by atoms with Gasteiger partial charge in [-0.25, -0.2) is 7.11 Å². The summed E-state index contributed by atoms with van der Waals surface area (Å²) in [5.74, 6) is 0. The zero-order chi connectivity index (χ0) is 7.54. The molecule has 0 aliphatic carbocycles. The van der Waals surface area contributed by atoms with E-state index in [1.165, 1.54) is 6.42 Å². The quantitative estimate of drug-likeness (QED) is 0.524. The van der Waals surface area contributed by atoms with Crippen LogP contribution in [0, 0.1) is 14.0 Å². The first kappa shape index (κ1) is 16.9. The molecule has 0 aromatic rings. The molecule has 0 saturated carbocycles. The summed E-state index contributed by atoms with van der Waals surface area (Å²) in [4.78, 5) is 0. The minimum Gasteiger partial charge on any atom is -0.552 e. The van der Waals surface area contributed by atoms with Gasteiger partial charge in [-0.2, -0.15) is 6.42 Å². The molecule has 58 valence electrons. The first-order valence-corrected chi connectivity index (χ1v) is 3.10. The molecule has 0 unspecified atom stereocenters. The summed E-state index contributed by atoms with van der Waals surface area (Å²) < 4.78 is 4.32. The van der Waals surface area contributed by atoms with Crippen molar-refractivity contribution >= 4 is 0 Å². The molecule has 0 aromatic heterocycles. The third kappa shape index (κ3) is 38.4. The SMILES string of the molecule is C=CCO[CH2-].[CH2-]CCC.[Zr+2]. The molecule has 2 heteroatoms. The summed E-state index contributed by atoms with van der Waals surface area (Å²) in [6, 6.07) is 0. The van der Waals surface area contributed by atoms with E-state index in [9.17, 15) is 0 Å². The predicted molar refractivity (Wildman–Crippen MR) is 41.8 cm³/mol. The Kier molecular flexibility index (Phi) is 38.3. The maximum Gasteiger partial charge on any atom is 2.00 e. The molecule has 0 saturated heterocycles. The summed E-state index contributed by atoms with van der Waals surface area (Å²) in [5.41, 5.74) is 0. The number of unbranched alkanes of at least 4 members (excludes halogenated alkanes) is 1. The van der Waals surface area contributed by atoms with Gasteiger partial charge in [-0.15, -0.1) is 6.58 Å². The van der Waals surface area contributed by atoms with Crippen molar-refractivity contribution in [2.24, 2.45) is 0 Å². The molecule has 0 aromatic carbocycles. The zero-order valence-electron chi connectivity index (χ0n) is 6.73. The van der Waals surface area contributed by atoms with Crippen LogP contribution in [0.25, 0.3) is 0 Å². The Morgan fingerprint density at radius 2 is 2.00 bits per heavy atom. The van der Waals surface area contributed by atoms with Gasteiger partial charge in [0.15, 0.2) is 0 Å². The second-order valence-corrected chi connectivity index (χ2v) is 1.51. The fourth-order valence-corrected chi connectivity index (χ4v) is 0.0833. The van der Waals surface area contributed by atoms with E-state index in [4.69, 9.17) is 0 Å². The molecule has 0 fully saturated rings. The van der Waals surface area contributed by atoms with Crippen molar-refractivity contribution in [2.75, 3.05) is 6.61 Å². The van der Waals surface area contributed by atoms with E-state index in [1.807, 2.05) is 0 Å². The Hall–Kier alpha value is 0.583. The van der Waals surface area contributed by atoms with Gasteiger partial charge in [0.2, 0.25) is 0 Å². The number of hydrogen-bond acceptors (Lipinski definition) is 1. The van der Waals surface area contributed by atoms with Crippen LogP contribution in [0.4, 0.5) is 0 Å². The normalized spacial score (nSPS) is 6.70. The summed E-state index contributed by atoms with van der Waals surface area (Å²) in [7, 11) is 3.10. The molecule has 0 aliphatic heterocycles. The maximum atomic E-state index is 4.32. The van der Waals surface area contributed by atoms with Crippen molar-refractivity contribution in [2.45, 2.75) is 19.8 Å². The monoisotopic (exact) mass is 218 g/mol. The van der Waals surface area contributed by atoms with Crippen molar-refractivity contribution in [3.8, 4) is 0 Å². The first-order valence-electron chi connectivity index (χ1n) is 3.10. The van der Waals surface area contributed by atoms with Gasteiger partial charge in [0, 0.05) is 6.61 Å². The number of rotatable bonds is 3. The van der Waals surface area contributed by atoms with Crippen LogP contribution in [0.15, 0.2) is 12.7 Å². The number of ether oxygens (including phenoxy) is 1. The van der Waals surface area contributed by atoms with Gasteiger partial charge in [0.25, 0.3) is 0 Å². The Morgan fingerprint density at radius 3 is 2.00 bits per heavy atom. The van der Waals surface area contributed by atoms with Crippen LogP contribution >= 0.6 is 0 Å². The van der Waals surface area contributed by atoms with Gasteiger partial charge in [-0.05, 0) is 0 Å². The standard InChI is InChI=1S/C4H7O.C4H9.Zr/c1-3-4-5-2;1-3-4-2;/h3H,1-2,4H2;1,3-4H2,2H3;/q2*-1;+2. The first-order chi connectivity index (χ1) is 4.33. The van der Waals surface area contributed by atoms with Crippen LogP contribution in [0.5, 0.6) is 0 Å². The van der Waals surface area contributed by atoms with Crippen LogP contribution in [0.2, 0.25) is 0 Å². The molecule has 0 spiro atoms. The van der Waals surface area contributed by atoms with Gasteiger partial charge in [0.05, 0.1) is 0 Å². The third-order valence-electron chi connectivity index (χ3n) is 0.589. The maximum absolute atomic E-state index is 4.32. The van der Waals surface area contributed by atoms with Crippen molar-refractivity contribution in [3.63, 3.8) is 0 Å². The van der Waals surface area contributed by atoms with Gasteiger partial charge in [-0.1, -0.05) is 19.4 Å². The van der Waals surface area contributed by atoms with Crippen molar-refractivity contribution in [1.82, 2.24) is 0 Å². The predicted octanol–water partition coefficient (Wildman–Crippen LogP) is 2.60. The molecule has 0 N–H and O–H groups in total. The second kappa shape index (κ2) is 22.6. The van der Waals surface area contributed by atoms with Gasteiger partial charge < -0.3 is 11.7 Å². The van der Waals surface area contributed by atoms with Crippen LogP contribution in [-0.2, 0) is 30.9 Å². The average Bonchev–Trinajstić information content (AvgIpc) is 1.91. The molecular weight excluding hydrogens is 203 g/mol. The zero-order valence-corrected chi connectivity index (χ0v) is 9.19. The van der Waals surface area contributed by atoms with E-state index < -0.39 is 0 Å². The van der Waals surface area contributed by atoms with Crippen LogP contribution in [0.3, 0.4) is 0 Å². The van der Waals surface area contributed by atoms with Crippen LogP contribution in [0.1, 0.15) is 19.8 Å². The molecule has 0 rings (SSSR count). The van der Waals surface area contributed by atoms with Gasteiger partial charge >= 0.3 is 26.2 Å². The topological polar surface area (TPSA) is 9.23 Å². The van der Waals surface area contributed by atoms with E-state index in [0.29, 0.717) is 6.61 Å². The Morgan fingerprint density at radius 1 is 1.60 bits per heavy atom. The summed E-state index contributed by atoms with van der Waals surface area (Å²) in [6.45, 7) is 9.65. The molecule has 10 heavy (non-hydrogen) atoms. The fourth-order valence-electron chi connectivity index (χ4n) is 0.0833. The minimum atomic E-state index is 0. The largest absolute Gasteiger partial charge is 2.00 e. The minimum absolute atomic E-state index is 0. The summed E-state index contributed by atoms with van der Waals surface area (Å²) >= 11 is 0. The van der Waals surface area contributed by atoms with E-state index in [1.54, 1.807) is 6.08 Å². The fraction of sp³-hybridized carbons (Fsp3) is 0.500. The Balaban J connectivity index is -0.0000000910. The van der Waals surface area contributed by atoms with E-state index >= 15 is 0 Å². The van der Waals surface area contributed by atoms with Crippen LogP contribution < -0.4 is 0 Å². The van der Waals surface area contributed by atoms with Gasteiger partial charge in [0.1, 0.15) is 0 Å². The molecular formula is C8H16OZr.